The number of carbonyl (C=O) groups excluding carboxylic acids is 1. The van der Waals surface area contributed by atoms with E-state index < -0.39 is 17.5 Å². The summed E-state index contributed by atoms with van der Waals surface area (Å²) in [6.45, 7) is 1.81. The molecule has 34 heavy (non-hydrogen) atoms. The first kappa shape index (κ1) is 23.7. The van der Waals surface area contributed by atoms with Crippen molar-refractivity contribution in [3.8, 4) is 0 Å². The molecule has 1 aliphatic carbocycles. The molecule has 1 aromatic carbocycles. The number of rotatable bonds is 8. The minimum Gasteiger partial charge on any atom is -0.394 e. The number of carbonyl (C=O) groups is 1. The van der Waals surface area contributed by atoms with Gasteiger partial charge in [-0.2, -0.15) is 4.98 Å². The molecule has 4 rings (SSSR count). The van der Waals surface area contributed by atoms with Crippen molar-refractivity contribution >= 4 is 34.7 Å². The number of nitrogens with zero attached hydrogens (tertiary/aromatic N) is 4. The SMILES string of the molecule is CC[C@@H](CO)Nc1ncc2nc(Nc3ccc(F)c(F)c3F)n([C@H]3CC[C@@H](C(N)=O)CC3)c2n1. The van der Waals surface area contributed by atoms with Crippen molar-refractivity contribution in [2.45, 2.75) is 51.1 Å². The number of hydrogen-bond donors (Lipinski definition) is 4. The second kappa shape index (κ2) is 9.84. The highest BCUT2D eigenvalue weighted by atomic mass is 19.2. The Kier molecular flexibility index (Phi) is 6.87. The lowest BCUT2D eigenvalue weighted by Gasteiger charge is -2.29. The lowest BCUT2D eigenvalue weighted by Crippen LogP contribution is -2.29. The molecule has 1 amide bonds. The van der Waals surface area contributed by atoms with Crippen LogP contribution in [0.5, 0.6) is 0 Å². The Balaban J connectivity index is 1.75. The van der Waals surface area contributed by atoms with Crippen molar-refractivity contribution in [3.05, 3.63) is 35.8 Å². The quantitative estimate of drug-likeness (QED) is 0.366. The third-order valence-corrected chi connectivity index (χ3v) is 6.23. The Morgan fingerprint density at radius 1 is 1.21 bits per heavy atom. The fraction of sp³-hybridized carbons (Fsp3) is 0.455. The van der Waals surface area contributed by atoms with E-state index in [4.69, 9.17) is 5.73 Å². The lowest BCUT2D eigenvalue weighted by molar-refractivity contribution is -0.122. The van der Waals surface area contributed by atoms with Crippen LogP contribution >= 0.6 is 0 Å². The van der Waals surface area contributed by atoms with E-state index in [1.54, 1.807) is 4.57 Å². The fourth-order valence-corrected chi connectivity index (χ4v) is 4.22. The fourth-order valence-electron chi connectivity index (χ4n) is 4.22. The van der Waals surface area contributed by atoms with Crippen LogP contribution in [0.2, 0.25) is 0 Å². The third kappa shape index (κ3) is 4.63. The number of imidazole rings is 1. The van der Waals surface area contributed by atoms with Crippen molar-refractivity contribution in [1.82, 2.24) is 19.5 Å². The number of fused-ring (bicyclic) bond motifs is 1. The van der Waals surface area contributed by atoms with Gasteiger partial charge in [-0.05, 0) is 44.2 Å². The van der Waals surface area contributed by atoms with E-state index in [0.717, 1.165) is 12.1 Å². The predicted molar refractivity (Wildman–Crippen MR) is 120 cm³/mol. The molecule has 0 spiro atoms. The van der Waals surface area contributed by atoms with Crippen LogP contribution in [0.25, 0.3) is 11.2 Å². The van der Waals surface area contributed by atoms with Crippen molar-refractivity contribution in [1.29, 1.82) is 0 Å². The van der Waals surface area contributed by atoms with E-state index in [1.807, 2.05) is 6.92 Å². The molecular formula is C22H26F3N7O2. The van der Waals surface area contributed by atoms with Gasteiger partial charge in [0.15, 0.2) is 23.1 Å². The Bertz CT molecular complexity index is 1190. The summed E-state index contributed by atoms with van der Waals surface area (Å²) in [7, 11) is 0. The lowest BCUT2D eigenvalue weighted by atomic mass is 9.85. The second-order valence-electron chi connectivity index (χ2n) is 8.40. The number of primary amides is 1. The largest absolute Gasteiger partial charge is 0.394 e. The van der Waals surface area contributed by atoms with Crippen LogP contribution in [-0.4, -0.2) is 43.2 Å². The van der Waals surface area contributed by atoms with E-state index in [1.165, 1.54) is 6.20 Å². The van der Waals surface area contributed by atoms with Crippen molar-refractivity contribution < 1.29 is 23.1 Å². The minimum absolute atomic E-state index is 0.101. The zero-order chi connectivity index (χ0) is 24.4. The summed E-state index contributed by atoms with van der Waals surface area (Å²) in [6, 6.07) is 1.52. The highest BCUT2D eigenvalue weighted by Crippen LogP contribution is 2.37. The number of halogens is 3. The first-order valence-corrected chi connectivity index (χ1v) is 11.1. The van der Waals surface area contributed by atoms with Crippen LogP contribution < -0.4 is 16.4 Å². The van der Waals surface area contributed by atoms with Crippen LogP contribution in [0.15, 0.2) is 18.3 Å². The summed E-state index contributed by atoms with van der Waals surface area (Å²) < 4.78 is 43.3. The molecule has 3 aromatic rings. The Hall–Kier alpha value is -3.41. The standard InChI is InChI=1S/C22H26F3N7O2/c1-2-12(10-33)28-21-27-9-16-20(31-21)32(13-5-3-11(4-6-13)19(26)34)22(30-16)29-15-8-7-14(23)17(24)18(15)25/h7-9,11-13,33H,2-6,10H2,1H3,(H2,26,34)(H,29,30)(H,27,28,31)/t11-,12-,13+/m0/s1. The van der Waals surface area contributed by atoms with Gasteiger partial charge >= 0.3 is 0 Å². The maximum Gasteiger partial charge on any atom is 0.225 e. The number of nitrogens with two attached hydrogens (primary N) is 1. The molecule has 9 nitrogen and oxygen atoms in total. The van der Waals surface area contributed by atoms with E-state index in [9.17, 15) is 23.1 Å². The zero-order valence-electron chi connectivity index (χ0n) is 18.6. The van der Waals surface area contributed by atoms with Gasteiger partial charge in [0.05, 0.1) is 24.5 Å². The van der Waals surface area contributed by atoms with Crippen LogP contribution in [0.3, 0.4) is 0 Å². The number of aromatic nitrogens is 4. The van der Waals surface area contributed by atoms with Crippen molar-refractivity contribution in [3.63, 3.8) is 0 Å². The average Bonchev–Trinajstić information content (AvgIpc) is 3.20. The molecule has 2 aromatic heterocycles. The molecule has 5 N–H and O–H groups in total. The van der Waals surface area contributed by atoms with Crippen molar-refractivity contribution in [2.24, 2.45) is 11.7 Å². The molecule has 0 bridgehead atoms. The highest BCUT2D eigenvalue weighted by Gasteiger charge is 2.29. The van der Waals surface area contributed by atoms with Gasteiger partial charge in [0.2, 0.25) is 17.8 Å². The monoisotopic (exact) mass is 477 g/mol. The molecule has 0 unspecified atom stereocenters. The number of nitrogens with one attached hydrogen (secondary N) is 2. The first-order valence-electron chi connectivity index (χ1n) is 11.1. The Morgan fingerprint density at radius 2 is 1.94 bits per heavy atom. The number of aliphatic hydroxyl groups is 1. The van der Waals surface area contributed by atoms with E-state index in [-0.39, 0.29) is 48.1 Å². The maximum absolute atomic E-state index is 14.4. The Morgan fingerprint density at radius 3 is 2.59 bits per heavy atom. The second-order valence-corrected chi connectivity index (χ2v) is 8.40. The molecule has 182 valence electrons. The maximum atomic E-state index is 14.4. The van der Waals surface area contributed by atoms with Crippen molar-refractivity contribution in [2.75, 3.05) is 17.2 Å². The number of amides is 1. The average molecular weight is 477 g/mol. The van der Waals surface area contributed by atoms with Gasteiger partial charge in [-0.15, -0.1) is 0 Å². The molecule has 1 fully saturated rings. The smallest absolute Gasteiger partial charge is 0.225 e. The number of aliphatic hydroxyl groups excluding tert-OH is 1. The van der Waals surface area contributed by atoms with Crippen LogP contribution in [0, 0.1) is 23.4 Å². The van der Waals surface area contributed by atoms with Gasteiger partial charge in [0.1, 0.15) is 5.52 Å². The summed E-state index contributed by atoms with van der Waals surface area (Å²) in [5.74, 6) is -4.35. The molecule has 1 saturated carbocycles. The summed E-state index contributed by atoms with van der Waals surface area (Å²) in [4.78, 5) is 24.9. The summed E-state index contributed by atoms with van der Waals surface area (Å²) in [5, 5.41) is 15.3. The van der Waals surface area contributed by atoms with Gasteiger partial charge in [-0.1, -0.05) is 6.92 Å². The summed E-state index contributed by atoms with van der Waals surface area (Å²) >= 11 is 0. The van der Waals surface area contributed by atoms with E-state index >= 15 is 0 Å². The number of benzene rings is 1. The topological polar surface area (TPSA) is 131 Å². The molecule has 1 aliphatic rings. The number of hydrogen-bond acceptors (Lipinski definition) is 7. The molecular weight excluding hydrogens is 451 g/mol. The Labute approximate surface area is 193 Å². The van der Waals surface area contributed by atoms with Crippen LogP contribution in [0.1, 0.15) is 45.1 Å². The highest BCUT2D eigenvalue weighted by molar-refractivity contribution is 5.78. The molecule has 0 radical (unpaired) electrons. The summed E-state index contributed by atoms with van der Waals surface area (Å²) in [5.41, 5.74) is 6.03. The molecule has 1 atom stereocenters. The van der Waals surface area contributed by atoms with Gasteiger partial charge in [0, 0.05) is 12.0 Å². The summed E-state index contributed by atoms with van der Waals surface area (Å²) in [6.07, 6.45) is 4.46. The van der Waals surface area contributed by atoms with Gasteiger partial charge < -0.3 is 21.5 Å². The normalized spacial score (nSPS) is 19.2. The molecule has 0 saturated heterocycles. The van der Waals surface area contributed by atoms with Crippen LogP contribution in [-0.2, 0) is 4.79 Å². The third-order valence-electron chi connectivity index (χ3n) is 6.23. The predicted octanol–water partition coefficient (Wildman–Crippen LogP) is 3.39. The minimum atomic E-state index is -1.59. The van der Waals surface area contributed by atoms with Gasteiger partial charge in [-0.3, -0.25) is 9.36 Å². The zero-order valence-corrected chi connectivity index (χ0v) is 18.6. The molecule has 2 heterocycles. The van der Waals surface area contributed by atoms with E-state index in [0.29, 0.717) is 43.3 Å². The van der Waals surface area contributed by atoms with E-state index in [2.05, 4.69) is 25.6 Å². The first-order chi connectivity index (χ1) is 16.3. The number of anilines is 3. The van der Waals surface area contributed by atoms with Gasteiger partial charge in [-0.25, -0.2) is 23.1 Å². The molecule has 12 heteroatoms. The van der Waals surface area contributed by atoms with Gasteiger partial charge in [0.25, 0.3) is 0 Å². The molecule has 0 aliphatic heterocycles. The van der Waals surface area contributed by atoms with Crippen LogP contribution in [0.4, 0.5) is 30.8 Å².